The number of hydrogen-bond donors (Lipinski definition) is 2. The van der Waals surface area contributed by atoms with Crippen molar-refractivity contribution in [3.8, 4) is 0 Å². The van der Waals surface area contributed by atoms with E-state index in [1.807, 2.05) is 7.05 Å². The Bertz CT molecular complexity index is 404. The maximum Gasteiger partial charge on any atom is 0.137 e. The molecule has 1 aromatic rings. The smallest absolute Gasteiger partial charge is 0.137 e. The first-order valence-electron chi connectivity index (χ1n) is 6.59. The number of aromatic nitrogens is 2. The minimum Gasteiger partial charge on any atom is -0.395 e. The van der Waals surface area contributed by atoms with Gasteiger partial charge in [0.2, 0.25) is 0 Å². The molecule has 0 unspecified atom stereocenters. The molecular weight excluding hydrogens is 228 g/mol. The Morgan fingerprint density at radius 3 is 2.67 bits per heavy atom. The van der Waals surface area contributed by atoms with E-state index in [1.54, 1.807) is 6.33 Å². The van der Waals surface area contributed by atoms with Crippen molar-refractivity contribution in [2.45, 2.75) is 38.6 Å². The Morgan fingerprint density at radius 1 is 1.44 bits per heavy atom. The molecule has 0 spiro atoms. The summed E-state index contributed by atoms with van der Waals surface area (Å²) in [4.78, 5) is 11.0. The Morgan fingerprint density at radius 2 is 2.17 bits per heavy atom. The Hall–Kier alpha value is -1.36. The molecule has 0 atom stereocenters. The summed E-state index contributed by atoms with van der Waals surface area (Å²) in [5.74, 6) is 2.21. The van der Waals surface area contributed by atoms with E-state index < -0.39 is 0 Å². The van der Waals surface area contributed by atoms with E-state index in [9.17, 15) is 5.11 Å². The van der Waals surface area contributed by atoms with Gasteiger partial charge in [-0.15, -0.1) is 0 Å². The van der Waals surface area contributed by atoms with Gasteiger partial charge in [-0.2, -0.15) is 0 Å². The topological polar surface area (TPSA) is 61.3 Å². The molecule has 1 heterocycles. The fourth-order valence-electron chi connectivity index (χ4n) is 2.30. The number of rotatable bonds is 6. The molecule has 0 aliphatic heterocycles. The third-order valence-corrected chi connectivity index (χ3v) is 3.28. The summed E-state index contributed by atoms with van der Waals surface area (Å²) < 4.78 is 0. The second-order valence-electron chi connectivity index (χ2n) is 5.01. The van der Waals surface area contributed by atoms with Gasteiger partial charge < -0.3 is 15.3 Å². The molecule has 0 aromatic carbocycles. The van der Waals surface area contributed by atoms with Crippen molar-refractivity contribution in [3.05, 3.63) is 11.9 Å². The van der Waals surface area contributed by atoms with Gasteiger partial charge in [0.1, 0.15) is 18.0 Å². The number of aliphatic hydroxyl groups excluding tert-OH is 1. The maximum absolute atomic E-state index is 9.23. The molecule has 100 valence electrons. The zero-order chi connectivity index (χ0) is 13.1. The standard InChI is InChI=1S/C13H22N4O/c1-9(2)11-12(14-3)15-8-16-13(11)17(6-7-18)10-4-5-10/h8-10,18H,4-7H2,1-3H3,(H,14,15,16). The van der Waals surface area contributed by atoms with E-state index in [1.165, 1.54) is 12.8 Å². The molecule has 0 bridgehead atoms. The van der Waals surface area contributed by atoms with E-state index in [-0.39, 0.29) is 6.61 Å². The molecule has 2 N–H and O–H groups in total. The lowest BCUT2D eigenvalue weighted by atomic mass is 10.0. The van der Waals surface area contributed by atoms with Crippen LogP contribution in [0.25, 0.3) is 0 Å². The first-order valence-corrected chi connectivity index (χ1v) is 6.59. The molecule has 1 aliphatic rings. The first kappa shape index (κ1) is 13.1. The van der Waals surface area contributed by atoms with Gasteiger partial charge in [-0.25, -0.2) is 9.97 Å². The Labute approximate surface area is 108 Å². The summed E-state index contributed by atoms with van der Waals surface area (Å²) in [6.07, 6.45) is 3.98. The molecule has 1 aliphatic carbocycles. The van der Waals surface area contributed by atoms with Gasteiger partial charge in [-0.3, -0.25) is 0 Å². The Balaban J connectivity index is 2.40. The predicted octanol–water partition coefficient (Wildman–Crippen LogP) is 1.60. The third-order valence-electron chi connectivity index (χ3n) is 3.28. The van der Waals surface area contributed by atoms with Crippen LogP contribution in [0, 0.1) is 0 Å². The predicted molar refractivity (Wildman–Crippen MR) is 73.1 cm³/mol. The van der Waals surface area contributed by atoms with Gasteiger partial charge in [0, 0.05) is 25.2 Å². The monoisotopic (exact) mass is 250 g/mol. The number of aliphatic hydroxyl groups is 1. The van der Waals surface area contributed by atoms with E-state index in [0.29, 0.717) is 18.5 Å². The third kappa shape index (κ3) is 2.56. The average Bonchev–Trinajstić information content (AvgIpc) is 3.19. The highest BCUT2D eigenvalue weighted by Crippen LogP contribution is 2.36. The summed E-state index contributed by atoms with van der Waals surface area (Å²) in [5, 5.41) is 12.4. The molecule has 1 aromatic heterocycles. The number of nitrogens with one attached hydrogen (secondary N) is 1. The van der Waals surface area contributed by atoms with Crippen LogP contribution in [0.15, 0.2) is 6.33 Å². The van der Waals surface area contributed by atoms with Crippen LogP contribution < -0.4 is 10.2 Å². The normalized spacial score (nSPS) is 14.9. The fraction of sp³-hybridized carbons (Fsp3) is 0.692. The highest BCUT2D eigenvalue weighted by Gasteiger charge is 2.32. The molecule has 2 rings (SSSR count). The van der Waals surface area contributed by atoms with Crippen molar-refractivity contribution in [1.29, 1.82) is 0 Å². The molecule has 0 saturated heterocycles. The average molecular weight is 250 g/mol. The lowest BCUT2D eigenvalue weighted by Crippen LogP contribution is -2.31. The SMILES string of the molecule is CNc1ncnc(N(CCO)C2CC2)c1C(C)C. The molecular formula is C13H22N4O. The van der Waals surface area contributed by atoms with Crippen LogP contribution in [0.5, 0.6) is 0 Å². The molecule has 0 radical (unpaired) electrons. The van der Waals surface area contributed by atoms with Crippen molar-refractivity contribution in [3.63, 3.8) is 0 Å². The zero-order valence-corrected chi connectivity index (χ0v) is 11.3. The van der Waals surface area contributed by atoms with Crippen LogP contribution in [0.3, 0.4) is 0 Å². The number of anilines is 2. The van der Waals surface area contributed by atoms with Crippen LogP contribution in [-0.4, -0.2) is 41.3 Å². The van der Waals surface area contributed by atoms with Crippen LogP contribution >= 0.6 is 0 Å². The van der Waals surface area contributed by atoms with Gasteiger partial charge >= 0.3 is 0 Å². The molecule has 18 heavy (non-hydrogen) atoms. The van der Waals surface area contributed by atoms with Crippen molar-refractivity contribution in [2.75, 3.05) is 30.4 Å². The van der Waals surface area contributed by atoms with Crippen LogP contribution in [0.1, 0.15) is 38.2 Å². The lowest BCUT2D eigenvalue weighted by Gasteiger charge is -2.27. The van der Waals surface area contributed by atoms with Gasteiger partial charge in [0.25, 0.3) is 0 Å². The molecule has 1 saturated carbocycles. The summed E-state index contributed by atoms with van der Waals surface area (Å²) in [6, 6.07) is 0.536. The molecule has 1 fully saturated rings. The van der Waals surface area contributed by atoms with Crippen LogP contribution in [-0.2, 0) is 0 Å². The minimum atomic E-state index is 0.160. The number of hydrogen-bond acceptors (Lipinski definition) is 5. The maximum atomic E-state index is 9.23. The minimum absolute atomic E-state index is 0.160. The highest BCUT2D eigenvalue weighted by molar-refractivity contribution is 5.61. The fourth-order valence-corrected chi connectivity index (χ4v) is 2.30. The van der Waals surface area contributed by atoms with E-state index >= 15 is 0 Å². The first-order chi connectivity index (χ1) is 8.69. The summed E-state index contributed by atoms with van der Waals surface area (Å²) in [5.41, 5.74) is 1.14. The molecule has 0 amide bonds. The van der Waals surface area contributed by atoms with Crippen LogP contribution in [0.2, 0.25) is 0 Å². The van der Waals surface area contributed by atoms with E-state index in [2.05, 4.69) is 34.0 Å². The zero-order valence-electron chi connectivity index (χ0n) is 11.3. The van der Waals surface area contributed by atoms with Gasteiger partial charge in [-0.05, 0) is 18.8 Å². The van der Waals surface area contributed by atoms with Gasteiger partial charge in [0.05, 0.1) is 6.61 Å². The summed E-state index contributed by atoms with van der Waals surface area (Å²) in [6.45, 7) is 5.09. The lowest BCUT2D eigenvalue weighted by molar-refractivity contribution is 0.301. The van der Waals surface area contributed by atoms with E-state index in [4.69, 9.17) is 0 Å². The van der Waals surface area contributed by atoms with E-state index in [0.717, 1.165) is 17.2 Å². The van der Waals surface area contributed by atoms with Gasteiger partial charge in [-0.1, -0.05) is 13.8 Å². The summed E-state index contributed by atoms with van der Waals surface area (Å²) >= 11 is 0. The van der Waals surface area contributed by atoms with Gasteiger partial charge in [0.15, 0.2) is 0 Å². The highest BCUT2D eigenvalue weighted by atomic mass is 16.3. The van der Waals surface area contributed by atoms with Crippen molar-refractivity contribution < 1.29 is 5.11 Å². The second kappa shape index (κ2) is 5.52. The Kier molecular flexibility index (Phi) is 4.01. The largest absolute Gasteiger partial charge is 0.395 e. The second-order valence-corrected chi connectivity index (χ2v) is 5.01. The molecule has 5 heteroatoms. The van der Waals surface area contributed by atoms with Crippen molar-refractivity contribution in [1.82, 2.24) is 9.97 Å². The summed E-state index contributed by atoms with van der Waals surface area (Å²) in [7, 11) is 1.88. The van der Waals surface area contributed by atoms with Crippen LogP contribution in [0.4, 0.5) is 11.6 Å². The van der Waals surface area contributed by atoms with Crippen molar-refractivity contribution >= 4 is 11.6 Å². The van der Waals surface area contributed by atoms with Crippen molar-refractivity contribution in [2.24, 2.45) is 0 Å². The number of nitrogens with zero attached hydrogens (tertiary/aromatic N) is 3. The quantitative estimate of drug-likeness (QED) is 0.803. The molecule has 5 nitrogen and oxygen atoms in total.